The summed E-state index contributed by atoms with van der Waals surface area (Å²) in [5.41, 5.74) is 0.820. The predicted molar refractivity (Wildman–Crippen MR) is 71.5 cm³/mol. The first-order valence-electron chi connectivity index (χ1n) is 6.19. The Balaban J connectivity index is 2.99. The van der Waals surface area contributed by atoms with Crippen LogP contribution in [0.1, 0.15) is 29.4 Å². The number of carbonyl (C=O) groups excluding carboxylic acids is 1. The monoisotopic (exact) mass is 262 g/mol. The fraction of sp³-hybridized carbons (Fsp3) is 0.429. The number of carbonyl (C=O) groups is 1. The van der Waals surface area contributed by atoms with Crippen molar-refractivity contribution in [2.45, 2.75) is 13.3 Å². The number of nitrogens with zero attached hydrogens (tertiary/aromatic N) is 2. The van der Waals surface area contributed by atoms with Crippen LogP contribution in [-0.4, -0.2) is 52.3 Å². The molecule has 0 bridgehead atoms. The summed E-state index contributed by atoms with van der Waals surface area (Å²) < 4.78 is 0. The molecular weight excluding hydrogens is 244 g/mol. The Kier molecular flexibility index (Phi) is 6.58. The maximum Gasteiger partial charge on any atom is 0.273 e. The zero-order chi connectivity index (χ0) is 14.1. The minimum atomic E-state index is -0.245. The highest BCUT2D eigenvalue weighted by Crippen LogP contribution is 2.07. The lowest BCUT2D eigenvalue weighted by molar-refractivity contribution is 0.0726. The van der Waals surface area contributed by atoms with Gasteiger partial charge < -0.3 is 15.1 Å². The van der Waals surface area contributed by atoms with E-state index in [4.69, 9.17) is 10.2 Å². The summed E-state index contributed by atoms with van der Waals surface area (Å²) in [6.45, 7) is 2.52. The normalized spacial score (nSPS) is 9.63. The molecule has 1 heterocycles. The molecule has 1 aromatic rings. The minimum absolute atomic E-state index is 0.0118. The summed E-state index contributed by atoms with van der Waals surface area (Å²) >= 11 is 0. The van der Waals surface area contributed by atoms with Crippen molar-refractivity contribution < 1.29 is 15.0 Å². The van der Waals surface area contributed by atoms with Crippen molar-refractivity contribution in [1.29, 1.82) is 0 Å². The highest BCUT2D eigenvalue weighted by Gasteiger charge is 2.17. The number of hydrogen-bond acceptors (Lipinski definition) is 4. The van der Waals surface area contributed by atoms with Crippen LogP contribution >= 0.6 is 0 Å². The molecule has 0 spiro atoms. The average molecular weight is 262 g/mol. The quantitative estimate of drug-likeness (QED) is 0.747. The highest BCUT2D eigenvalue weighted by molar-refractivity contribution is 5.94. The molecule has 0 atom stereocenters. The summed E-state index contributed by atoms with van der Waals surface area (Å²) in [5.74, 6) is 5.36. The van der Waals surface area contributed by atoms with E-state index in [2.05, 4.69) is 16.8 Å². The van der Waals surface area contributed by atoms with Crippen LogP contribution in [0.3, 0.4) is 0 Å². The fourth-order valence-electron chi connectivity index (χ4n) is 1.56. The van der Waals surface area contributed by atoms with Gasteiger partial charge in [0.25, 0.3) is 5.91 Å². The molecule has 0 aromatic carbocycles. The van der Waals surface area contributed by atoms with Crippen LogP contribution in [0.4, 0.5) is 0 Å². The number of hydrogen-bond donors (Lipinski definition) is 2. The second kappa shape index (κ2) is 8.25. The van der Waals surface area contributed by atoms with E-state index < -0.39 is 0 Å². The van der Waals surface area contributed by atoms with Crippen molar-refractivity contribution in [2.24, 2.45) is 0 Å². The number of pyridine rings is 1. The number of amides is 1. The second-order valence-electron chi connectivity index (χ2n) is 3.78. The number of rotatable bonds is 5. The largest absolute Gasteiger partial charge is 0.395 e. The molecular formula is C14H18N2O3. The van der Waals surface area contributed by atoms with E-state index in [1.54, 1.807) is 12.1 Å². The van der Waals surface area contributed by atoms with Gasteiger partial charge in [0.1, 0.15) is 5.69 Å². The molecule has 19 heavy (non-hydrogen) atoms. The highest BCUT2D eigenvalue weighted by atomic mass is 16.3. The first kappa shape index (κ1) is 15.2. The van der Waals surface area contributed by atoms with Gasteiger partial charge in [-0.1, -0.05) is 11.8 Å². The Morgan fingerprint density at radius 2 is 2.21 bits per heavy atom. The standard InChI is InChI=1S/C14H18N2O3/c1-2-16(9-11-18)14(19)13-12(6-3-4-10-17)7-5-8-15-13/h5,7-8,17-18H,2,4,9-11H2,1H3. The number of aromatic nitrogens is 1. The molecule has 0 aliphatic rings. The maximum absolute atomic E-state index is 12.3. The van der Waals surface area contributed by atoms with Gasteiger partial charge in [-0.2, -0.15) is 0 Å². The van der Waals surface area contributed by atoms with E-state index in [-0.39, 0.29) is 31.4 Å². The number of aliphatic hydroxyl groups is 2. The third-order valence-corrected chi connectivity index (χ3v) is 2.51. The van der Waals surface area contributed by atoms with Crippen molar-refractivity contribution in [3.05, 3.63) is 29.6 Å². The van der Waals surface area contributed by atoms with E-state index in [1.165, 1.54) is 11.1 Å². The number of likely N-dealkylation sites (N-methyl/N-ethyl adjacent to an activating group) is 1. The van der Waals surface area contributed by atoms with Gasteiger partial charge in [0.05, 0.1) is 18.8 Å². The van der Waals surface area contributed by atoms with Crippen LogP contribution in [0.2, 0.25) is 0 Å². The van der Waals surface area contributed by atoms with Gasteiger partial charge in [-0.15, -0.1) is 0 Å². The molecule has 0 radical (unpaired) electrons. The Bertz CT molecular complexity index is 477. The van der Waals surface area contributed by atoms with Gasteiger partial charge in [-0.25, -0.2) is 4.98 Å². The molecule has 1 aromatic heterocycles. The van der Waals surface area contributed by atoms with Crippen LogP contribution < -0.4 is 0 Å². The van der Waals surface area contributed by atoms with Crippen LogP contribution in [0, 0.1) is 11.8 Å². The lowest BCUT2D eigenvalue weighted by Gasteiger charge is -2.19. The van der Waals surface area contributed by atoms with Crippen molar-refractivity contribution in [3.8, 4) is 11.8 Å². The molecule has 0 aliphatic heterocycles. The maximum atomic E-state index is 12.3. The van der Waals surface area contributed by atoms with Gasteiger partial charge in [0, 0.05) is 25.7 Å². The first-order valence-corrected chi connectivity index (χ1v) is 6.19. The van der Waals surface area contributed by atoms with Crippen molar-refractivity contribution >= 4 is 5.91 Å². The SMILES string of the molecule is CCN(CCO)C(=O)c1ncccc1C#CCCO. The molecule has 2 N–H and O–H groups in total. The lowest BCUT2D eigenvalue weighted by atomic mass is 10.1. The van der Waals surface area contributed by atoms with E-state index in [9.17, 15) is 4.79 Å². The summed E-state index contributed by atoms with van der Waals surface area (Å²) in [5, 5.41) is 17.6. The molecule has 0 fully saturated rings. The van der Waals surface area contributed by atoms with Crippen molar-refractivity contribution in [1.82, 2.24) is 9.88 Å². The topological polar surface area (TPSA) is 73.7 Å². The van der Waals surface area contributed by atoms with Gasteiger partial charge >= 0.3 is 0 Å². The van der Waals surface area contributed by atoms with E-state index >= 15 is 0 Å². The second-order valence-corrected chi connectivity index (χ2v) is 3.78. The van der Waals surface area contributed by atoms with Crippen LogP contribution in [-0.2, 0) is 0 Å². The smallest absolute Gasteiger partial charge is 0.273 e. The molecule has 5 heteroatoms. The molecule has 5 nitrogen and oxygen atoms in total. The third-order valence-electron chi connectivity index (χ3n) is 2.51. The summed E-state index contributed by atoms with van der Waals surface area (Å²) in [6, 6.07) is 3.43. The average Bonchev–Trinajstić information content (AvgIpc) is 2.45. The van der Waals surface area contributed by atoms with E-state index in [1.807, 2.05) is 6.92 Å². The van der Waals surface area contributed by atoms with E-state index in [0.29, 0.717) is 18.5 Å². The van der Waals surface area contributed by atoms with Crippen LogP contribution in [0.5, 0.6) is 0 Å². The zero-order valence-electron chi connectivity index (χ0n) is 11.0. The Hall–Kier alpha value is -1.90. The minimum Gasteiger partial charge on any atom is -0.395 e. The first-order chi connectivity index (χ1) is 9.24. The lowest BCUT2D eigenvalue weighted by Crippen LogP contribution is -2.34. The van der Waals surface area contributed by atoms with Crippen LogP contribution in [0.25, 0.3) is 0 Å². The van der Waals surface area contributed by atoms with Gasteiger partial charge in [0.2, 0.25) is 0 Å². The van der Waals surface area contributed by atoms with Crippen LogP contribution in [0.15, 0.2) is 18.3 Å². The van der Waals surface area contributed by atoms with Crippen molar-refractivity contribution in [2.75, 3.05) is 26.3 Å². The van der Waals surface area contributed by atoms with Gasteiger partial charge in [-0.3, -0.25) is 4.79 Å². The molecule has 1 amide bonds. The fourth-order valence-corrected chi connectivity index (χ4v) is 1.56. The summed E-state index contributed by atoms with van der Waals surface area (Å²) in [7, 11) is 0. The molecule has 0 unspecified atom stereocenters. The Morgan fingerprint density at radius 3 is 2.84 bits per heavy atom. The Morgan fingerprint density at radius 1 is 1.42 bits per heavy atom. The summed E-state index contributed by atoms with van der Waals surface area (Å²) in [6.07, 6.45) is 1.90. The summed E-state index contributed by atoms with van der Waals surface area (Å²) in [4.78, 5) is 17.8. The predicted octanol–water partition coefficient (Wildman–Crippen LogP) is 0.270. The molecule has 0 aliphatic carbocycles. The van der Waals surface area contributed by atoms with Gasteiger partial charge in [-0.05, 0) is 19.1 Å². The number of aliphatic hydroxyl groups excluding tert-OH is 2. The molecule has 1 rings (SSSR count). The molecule has 102 valence electrons. The third kappa shape index (κ3) is 4.36. The Labute approximate surface area is 112 Å². The van der Waals surface area contributed by atoms with E-state index in [0.717, 1.165) is 0 Å². The van der Waals surface area contributed by atoms with Gasteiger partial charge in [0.15, 0.2) is 0 Å². The zero-order valence-corrected chi connectivity index (χ0v) is 11.0. The molecule has 0 saturated heterocycles. The molecule has 0 saturated carbocycles. The van der Waals surface area contributed by atoms with Crippen molar-refractivity contribution in [3.63, 3.8) is 0 Å².